The summed E-state index contributed by atoms with van der Waals surface area (Å²) in [6.07, 6.45) is 0. The molecule has 0 atom stereocenters. The largest absolute Gasteiger partial charge is 0.492 e. The second-order valence-electron chi connectivity index (χ2n) is 2.90. The molecule has 0 aliphatic rings. The summed E-state index contributed by atoms with van der Waals surface area (Å²) < 4.78 is 5.38. The summed E-state index contributed by atoms with van der Waals surface area (Å²) in [5.41, 5.74) is 6.20. The maximum atomic E-state index is 5.38. The van der Waals surface area contributed by atoms with E-state index in [1.807, 2.05) is 24.3 Å². The van der Waals surface area contributed by atoms with E-state index in [0.717, 1.165) is 11.3 Å². The molecule has 3 N–H and O–H groups in total. The lowest BCUT2D eigenvalue weighted by molar-refractivity contribution is 0.328. The van der Waals surface area contributed by atoms with Crippen LogP contribution in [-0.4, -0.2) is 33.8 Å². The molecular formula is C9H11N5O. The number of nitrogens with two attached hydrogens (primary N) is 1. The fraction of sp³-hybridized carbons (Fsp3) is 0.222. The fourth-order valence-electron chi connectivity index (χ4n) is 1.19. The highest BCUT2D eigenvalue weighted by Crippen LogP contribution is 2.19. The average Bonchev–Trinajstić information content (AvgIpc) is 2.80. The lowest BCUT2D eigenvalue weighted by atomic mass is 10.2. The molecule has 0 bridgehead atoms. The Hall–Kier alpha value is -1.95. The van der Waals surface area contributed by atoms with Crippen LogP contribution in [0, 0.1) is 0 Å². The van der Waals surface area contributed by atoms with Crippen molar-refractivity contribution in [2.24, 2.45) is 5.73 Å². The average molecular weight is 205 g/mol. The number of ether oxygens (including phenoxy) is 1. The zero-order chi connectivity index (χ0) is 10.5. The Balaban J connectivity index is 2.19. The fourth-order valence-corrected chi connectivity index (χ4v) is 1.19. The monoisotopic (exact) mass is 205 g/mol. The molecule has 0 saturated carbocycles. The molecule has 1 aromatic carbocycles. The molecule has 6 heteroatoms. The maximum Gasteiger partial charge on any atom is 0.204 e. The normalized spacial score (nSPS) is 10.2. The minimum atomic E-state index is 0.492. The number of tetrazole rings is 1. The Labute approximate surface area is 86.4 Å². The molecule has 2 rings (SSSR count). The number of rotatable bonds is 4. The minimum Gasteiger partial charge on any atom is -0.492 e. The zero-order valence-electron chi connectivity index (χ0n) is 8.05. The number of hydrogen-bond donors (Lipinski definition) is 2. The number of aromatic nitrogens is 4. The van der Waals surface area contributed by atoms with Crippen LogP contribution in [0.5, 0.6) is 5.75 Å². The van der Waals surface area contributed by atoms with Crippen molar-refractivity contribution in [3.8, 4) is 17.1 Å². The van der Waals surface area contributed by atoms with E-state index in [2.05, 4.69) is 20.6 Å². The highest BCUT2D eigenvalue weighted by Gasteiger charge is 2.03. The zero-order valence-corrected chi connectivity index (χ0v) is 8.05. The summed E-state index contributed by atoms with van der Waals surface area (Å²) in [7, 11) is 0. The molecule has 0 radical (unpaired) electrons. The van der Waals surface area contributed by atoms with Crippen molar-refractivity contribution in [1.82, 2.24) is 20.6 Å². The van der Waals surface area contributed by atoms with Gasteiger partial charge < -0.3 is 10.5 Å². The summed E-state index contributed by atoms with van der Waals surface area (Å²) in [4.78, 5) is 0. The summed E-state index contributed by atoms with van der Waals surface area (Å²) >= 11 is 0. The van der Waals surface area contributed by atoms with Crippen molar-refractivity contribution < 1.29 is 4.74 Å². The van der Waals surface area contributed by atoms with Crippen LogP contribution in [0.25, 0.3) is 11.4 Å². The molecule has 2 aromatic rings. The lowest BCUT2D eigenvalue weighted by Gasteiger charge is -2.04. The predicted molar refractivity (Wildman–Crippen MR) is 54.2 cm³/mol. The summed E-state index contributed by atoms with van der Waals surface area (Å²) in [5.74, 6) is 1.30. The highest BCUT2D eigenvalue weighted by atomic mass is 16.5. The highest BCUT2D eigenvalue weighted by molar-refractivity contribution is 5.56. The number of nitrogens with one attached hydrogen (secondary N) is 1. The lowest BCUT2D eigenvalue weighted by Crippen LogP contribution is -2.10. The SMILES string of the molecule is NCCOc1cccc(-c2nn[nH]n2)c1. The quantitative estimate of drug-likeness (QED) is 0.744. The van der Waals surface area contributed by atoms with Crippen LogP contribution in [0.4, 0.5) is 0 Å². The molecule has 0 unspecified atom stereocenters. The molecule has 0 aliphatic heterocycles. The third-order valence-electron chi connectivity index (χ3n) is 1.82. The van der Waals surface area contributed by atoms with Crippen LogP contribution in [0.15, 0.2) is 24.3 Å². The number of benzene rings is 1. The van der Waals surface area contributed by atoms with E-state index < -0.39 is 0 Å². The van der Waals surface area contributed by atoms with Crippen LogP contribution in [0.2, 0.25) is 0 Å². The molecule has 0 spiro atoms. The van der Waals surface area contributed by atoms with E-state index in [0.29, 0.717) is 19.0 Å². The standard InChI is InChI=1S/C9H11N5O/c10-4-5-15-8-3-1-2-7(6-8)9-11-13-14-12-9/h1-3,6H,4-5,10H2,(H,11,12,13,14). The van der Waals surface area contributed by atoms with Gasteiger partial charge in [0, 0.05) is 12.1 Å². The minimum absolute atomic E-state index is 0.492. The van der Waals surface area contributed by atoms with Crippen molar-refractivity contribution in [3.05, 3.63) is 24.3 Å². The number of aromatic amines is 1. The Bertz CT molecular complexity index is 414. The number of nitrogens with zero attached hydrogens (tertiary/aromatic N) is 3. The smallest absolute Gasteiger partial charge is 0.204 e. The molecule has 15 heavy (non-hydrogen) atoms. The van der Waals surface area contributed by atoms with Crippen LogP contribution in [0.1, 0.15) is 0 Å². The van der Waals surface area contributed by atoms with Gasteiger partial charge in [-0.2, -0.15) is 5.21 Å². The first-order valence-corrected chi connectivity index (χ1v) is 4.57. The Morgan fingerprint density at radius 2 is 2.33 bits per heavy atom. The van der Waals surface area contributed by atoms with Gasteiger partial charge in [-0.05, 0) is 17.3 Å². The van der Waals surface area contributed by atoms with Crippen LogP contribution in [0.3, 0.4) is 0 Å². The summed E-state index contributed by atoms with van der Waals surface area (Å²) in [6, 6.07) is 7.47. The topological polar surface area (TPSA) is 89.7 Å². The molecule has 1 heterocycles. The van der Waals surface area contributed by atoms with E-state index in [4.69, 9.17) is 10.5 Å². The first kappa shape index (κ1) is 9.60. The second kappa shape index (κ2) is 4.52. The van der Waals surface area contributed by atoms with Gasteiger partial charge >= 0.3 is 0 Å². The van der Waals surface area contributed by atoms with Gasteiger partial charge in [0.05, 0.1) is 0 Å². The van der Waals surface area contributed by atoms with E-state index >= 15 is 0 Å². The number of H-pyrrole nitrogens is 1. The van der Waals surface area contributed by atoms with E-state index in [1.165, 1.54) is 0 Å². The first-order valence-electron chi connectivity index (χ1n) is 4.57. The Kier molecular flexibility index (Phi) is 2.89. The van der Waals surface area contributed by atoms with Gasteiger partial charge in [-0.15, -0.1) is 10.2 Å². The van der Waals surface area contributed by atoms with Crippen molar-refractivity contribution in [2.75, 3.05) is 13.2 Å². The van der Waals surface area contributed by atoms with Gasteiger partial charge in [0.2, 0.25) is 5.82 Å². The molecule has 78 valence electrons. The predicted octanol–water partition coefficient (Wildman–Crippen LogP) is 0.204. The molecule has 0 fully saturated rings. The molecule has 0 saturated heterocycles. The molecule has 1 aromatic heterocycles. The van der Waals surface area contributed by atoms with Crippen LogP contribution >= 0.6 is 0 Å². The molecule has 0 amide bonds. The van der Waals surface area contributed by atoms with Crippen LogP contribution in [-0.2, 0) is 0 Å². The van der Waals surface area contributed by atoms with Gasteiger partial charge in [0.15, 0.2) is 0 Å². The summed E-state index contributed by atoms with van der Waals surface area (Å²) in [5, 5.41) is 13.7. The molecule has 6 nitrogen and oxygen atoms in total. The van der Waals surface area contributed by atoms with Gasteiger partial charge in [0.1, 0.15) is 12.4 Å². The number of hydrogen-bond acceptors (Lipinski definition) is 5. The van der Waals surface area contributed by atoms with Crippen LogP contribution < -0.4 is 10.5 Å². The second-order valence-corrected chi connectivity index (χ2v) is 2.90. The van der Waals surface area contributed by atoms with E-state index in [1.54, 1.807) is 0 Å². The van der Waals surface area contributed by atoms with E-state index in [9.17, 15) is 0 Å². The molecule has 0 aliphatic carbocycles. The third-order valence-corrected chi connectivity index (χ3v) is 1.82. The van der Waals surface area contributed by atoms with Gasteiger partial charge in [-0.25, -0.2) is 0 Å². The Morgan fingerprint density at radius 1 is 1.40 bits per heavy atom. The third kappa shape index (κ3) is 2.29. The Morgan fingerprint density at radius 3 is 3.07 bits per heavy atom. The van der Waals surface area contributed by atoms with Gasteiger partial charge in [-0.3, -0.25) is 0 Å². The van der Waals surface area contributed by atoms with Gasteiger partial charge in [0.25, 0.3) is 0 Å². The van der Waals surface area contributed by atoms with Crippen molar-refractivity contribution in [3.63, 3.8) is 0 Å². The maximum absolute atomic E-state index is 5.38. The summed E-state index contributed by atoms with van der Waals surface area (Å²) in [6.45, 7) is 0.988. The van der Waals surface area contributed by atoms with Crippen molar-refractivity contribution in [1.29, 1.82) is 0 Å². The van der Waals surface area contributed by atoms with E-state index in [-0.39, 0.29) is 0 Å². The first-order chi connectivity index (χ1) is 7.40. The van der Waals surface area contributed by atoms with Crippen molar-refractivity contribution in [2.45, 2.75) is 0 Å². The van der Waals surface area contributed by atoms with Gasteiger partial charge in [-0.1, -0.05) is 12.1 Å². The van der Waals surface area contributed by atoms with Crippen molar-refractivity contribution >= 4 is 0 Å². The molecular weight excluding hydrogens is 194 g/mol.